The minimum Gasteiger partial charge on any atom is -0.444 e. The van der Waals surface area contributed by atoms with E-state index in [1.54, 1.807) is 20.8 Å². The van der Waals surface area contributed by atoms with Crippen LogP contribution in [-0.2, 0) is 9.53 Å². The summed E-state index contributed by atoms with van der Waals surface area (Å²) < 4.78 is 11.0. The van der Waals surface area contributed by atoms with Crippen LogP contribution in [0.5, 0.6) is 0 Å². The molecule has 12 heteroatoms. The van der Waals surface area contributed by atoms with Crippen LogP contribution in [0.15, 0.2) is 9.64 Å². The van der Waals surface area contributed by atoms with Gasteiger partial charge in [-0.1, -0.05) is 44.9 Å². The minimum absolute atomic E-state index is 0. The van der Waals surface area contributed by atoms with Gasteiger partial charge in [0.25, 0.3) is 11.1 Å². The average Bonchev–Trinajstić information content (AvgIpc) is 3.20. The Morgan fingerprint density at radius 3 is 2.33 bits per heavy atom. The molecule has 2 N–H and O–H groups in total. The molecule has 0 spiro atoms. The van der Waals surface area contributed by atoms with E-state index in [1.165, 1.54) is 11.8 Å². The Bertz CT molecular complexity index is 865. The standard InChI is InChI=1S/C24H41N5O5S.ClH/c1-16(2)15-17(18(30)19-27-28-22(33-19)35-14-13-29(6)7)25-20(31)24(11-9-8-10-12-24)26-21(32)34-23(3,4)5;/h16-17H,8-15H2,1-7H3,(H,25,31)(H,26,32);1H. The van der Waals surface area contributed by atoms with Crippen LogP contribution in [0.25, 0.3) is 0 Å². The monoisotopic (exact) mass is 547 g/mol. The highest BCUT2D eigenvalue weighted by Crippen LogP contribution is 2.30. The summed E-state index contributed by atoms with van der Waals surface area (Å²) in [6.07, 6.45) is 3.29. The van der Waals surface area contributed by atoms with Crippen LogP contribution in [0.2, 0.25) is 0 Å². The van der Waals surface area contributed by atoms with Gasteiger partial charge in [0.1, 0.15) is 11.1 Å². The average molecular weight is 548 g/mol. The first-order valence-electron chi connectivity index (χ1n) is 12.3. The van der Waals surface area contributed by atoms with Crippen molar-refractivity contribution in [3.8, 4) is 0 Å². The first-order chi connectivity index (χ1) is 16.3. The van der Waals surface area contributed by atoms with E-state index in [2.05, 4.69) is 20.8 Å². The van der Waals surface area contributed by atoms with Crippen molar-refractivity contribution in [2.75, 3.05) is 26.4 Å². The molecule has 0 bridgehead atoms. The van der Waals surface area contributed by atoms with Gasteiger partial charge in [0.15, 0.2) is 0 Å². The Kier molecular flexibility index (Phi) is 12.7. The van der Waals surface area contributed by atoms with Crippen LogP contribution in [-0.4, -0.2) is 76.5 Å². The van der Waals surface area contributed by atoms with Gasteiger partial charge in [-0.25, -0.2) is 4.79 Å². The molecule has 1 aromatic heterocycles. The smallest absolute Gasteiger partial charge is 0.408 e. The fraction of sp³-hybridized carbons (Fsp3) is 0.792. The van der Waals surface area contributed by atoms with Gasteiger partial charge >= 0.3 is 6.09 Å². The summed E-state index contributed by atoms with van der Waals surface area (Å²) in [5.41, 5.74) is -1.81. The molecule has 1 aliphatic carbocycles. The molecule has 0 radical (unpaired) electrons. The van der Waals surface area contributed by atoms with E-state index in [0.29, 0.717) is 24.5 Å². The Hall–Kier alpha value is -1.85. The number of hydrogen-bond acceptors (Lipinski definition) is 9. The van der Waals surface area contributed by atoms with Crippen LogP contribution in [0, 0.1) is 5.92 Å². The highest BCUT2D eigenvalue weighted by Gasteiger charge is 2.43. The lowest BCUT2D eigenvalue weighted by Crippen LogP contribution is -2.62. The SMILES string of the molecule is CC(C)CC(NC(=O)C1(NC(=O)OC(C)(C)C)CCCCC1)C(=O)c1nnc(SCCN(C)C)o1.Cl. The van der Waals surface area contributed by atoms with Gasteiger partial charge in [-0.3, -0.25) is 9.59 Å². The number of thioether (sulfide) groups is 1. The third-order valence-corrected chi connectivity index (χ3v) is 6.39. The second kappa shape index (κ2) is 14.2. The number of nitrogens with one attached hydrogen (secondary N) is 2. The van der Waals surface area contributed by atoms with E-state index in [1.807, 2.05) is 32.8 Å². The lowest BCUT2D eigenvalue weighted by atomic mass is 9.80. The zero-order valence-corrected chi connectivity index (χ0v) is 24.1. The van der Waals surface area contributed by atoms with Crippen molar-refractivity contribution >= 4 is 42.0 Å². The summed E-state index contributed by atoms with van der Waals surface area (Å²) in [7, 11) is 3.94. The van der Waals surface area contributed by atoms with E-state index in [0.717, 1.165) is 31.6 Å². The molecule has 1 heterocycles. The zero-order chi connectivity index (χ0) is 26.2. The Morgan fingerprint density at radius 1 is 1.14 bits per heavy atom. The molecule has 0 aromatic carbocycles. The van der Waals surface area contributed by atoms with Gasteiger partial charge in [-0.15, -0.1) is 22.6 Å². The van der Waals surface area contributed by atoms with Crippen molar-refractivity contribution in [2.45, 2.75) is 95.5 Å². The predicted molar refractivity (Wildman–Crippen MR) is 142 cm³/mol. The molecule has 1 unspecified atom stereocenters. The van der Waals surface area contributed by atoms with E-state index in [4.69, 9.17) is 9.15 Å². The number of nitrogens with zero attached hydrogens (tertiary/aromatic N) is 3. The molecule has 1 saturated carbocycles. The number of aromatic nitrogens is 2. The third-order valence-electron chi connectivity index (χ3n) is 5.59. The molecule has 1 aromatic rings. The normalized spacial score (nSPS) is 16.2. The number of alkyl carbamates (subject to hydrolysis) is 1. The summed E-state index contributed by atoms with van der Waals surface area (Å²) in [5, 5.41) is 13.9. The maximum atomic E-state index is 13.6. The van der Waals surface area contributed by atoms with Gasteiger partial charge in [-0.05, 0) is 60.0 Å². The van der Waals surface area contributed by atoms with Crippen LogP contribution in [0.4, 0.5) is 4.79 Å². The van der Waals surface area contributed by atoms with E-state index >= 15 is 0 Å². The summed E-state index contributed by atoms with van der Waals surface area (Å²) in [5.74, 6) is -0.0684. The van der Waals surface area contributed by atoms with Gasteiger partial charge in [0.2, 0.25) is 11.7 Å². The summed E-state index contributed by atoms with van der Waals surface area (Å²) in [4.78, 5) is 41.4. The quantitative estimate of drug-likeness (QED) is 0.311. The predicted octanol–water partition coefficient (Wildman–Crippen LogP) is 4.09. The molecule has 1 aliphatic rings. The highest BCUT2D eigenvalue weighted by atomic mass is 35.5. The number of ketones is 1. The van der Waals surface area contributed by atoms with Gasteiger partial charge in [0, 0.05) is 12.3 Å². The zero-order valence-electron chi connectivity index (χ0n) is 22.5. The molecular weight excluding hydrogens is 506 g/mol. The summed E-state index contributed by atoms with van der Waals surface area (Å²) in [6, 6.07) is -0.846. The van der Waals surface area contributed by atoms with Crippen molar-refractivity contribution in [3.05, 3.63) is 5.89 Å². The number of amides is 2. The van der Waals surface area contributed by atoms with Crippen LogP contribution in [0.1, 0.15) is 83.8 Å². The van der Waals surface area contributed by atoms with E-state index < -0.39 is 29.1 Å². The maximum absolute atomic E-state index is 13.6. The van der Waals surface area contributed by atoms with Crippen molar-refractivity contribution in [3.63, 3.8) is 0 Å². The largest absolute Gasteiger partial charge is 0.444 e. The van der Waals surface area contributed by atoms with E-state index in [9.17, 15) is 14.4 Å². The van der Waals surface area contributed by atoms with Crippen molar-refractivity contribution in [1.29, 1.82) is 0 Å². The van der Waals surface area contributed by atoms with Crippen LogP contribution in [0.3, 0.4) is 0 Å². The number of ether oxygens (including phenoxy) is 1. The third kappa shape index (κ3) is 10.3. The van der Waals surface area contributed by atoms with Crippen LogP contribution >= 0.6 is 24.2 Å². The molecular formula is C24H42ClN5O5S. The van der Waals surface area contributed by atoms with Crippen LogP contribution < -0.4 is 10.6 Å². The van der Waals surface area contributed by atoms with Crippen molar-refractivity contribution in [1.82, 2.24) is 25.7 Å². The number of halogens is 1. The number of rotatable bonds is 11. The van der Waals surface area contributed by atoms with Gasteiger partial charge < -0.3 is 24.7 Å². The Labute approximate surface area is 224 Å². The Morgan fingerprint density at radius 2 is 1.78 bits per heavy atom. The lowest BCUT2D eigenvalue weighted by molar-refractivity contribution is -0.129. The van der Waals surface area contributed by atoms with E-state index in [-0.39, 0.29) is 30.1 Å². The molecule has 2 amide bonds. The summed E-state index contributed by atoms with van der Waals surface area (Å²) in [6.45, 7) is 10.1. The molecule has 36 heavy (non-hydrogen) atoms. The van der Waals surface area contributed by atoms with Gasteiger partial charge in [0.05, 0.1) is 6.04 Å². The molecule has 10 nitrogen and oxygen atoms in total. The molecule has 2 rings (SSSR count). The first kappa shape index (κ1) is 32.2. The summed E-state index contributed by atoms with van der Waals surface area (Å²) >= 11 is 1.38. The first-order valence-corrected chi connectivity index (χ1v) is 13.3. The second-order valence-electron chi connectivity index (χ2n) is 10.8. The maximum Gasteiger partial charge on any atom is 0.408 e. The molecule has 1 atom stereocenters. The molecule has 1 fully saturated rings. The fourth-order valence-electron chi connectivity index (χ4n) is 3.89. The Balaban J connectivity index is 0.00000648. The van der Waals surface area contributed by atoms with Gasteiger partial charge in [-0.2, -0.15) is 0 Å². The van der Waals surface area contributed by atoms with Crippen molar-refractivity contribution in [2.24, 2.45) is 5.92 Å². The number of Topliss-reactive ketones (excluding diaryl/α,β-unsaturated/α-hetero) is 1. The second-order valence-corrected chi connectivity index (χ2v) is 11.9. The minimum atomic E-state index is -1.13. The highest BCUT2D eigenvalue weighted by molar-refractivity contribution is 7.99. The molecule has 0 aliphatic heterocycles. The fourth-order valence-corrected chi connectivity index (χ4v) is 4.76. The van der Waals surface area contributed by atoms with Crippen molar-refractivity contribution < 1.29 is 23.5 Å². The number of carbonyl (C=O) groups is 3. The number of carbonyl (C=O) groups excluding carboxylic acids is 3. The number of hydrogen-bond donors (Lipinski definition) is 2. The molecule has 0 saturated heterocycles. The lowest BCUT2D eigenvalue weighted by Gasteiger charge is -2.38. The topological polar surface area (TPSA) is 127 Å². The molecule has 206 valence electrons.